The van der Waals surface area contributed by atoms with Crippen LogP contribution in [0.2, 0.25) is 0 Å². The first kappa shape index (κ1) is 21.4. The molecule has 33 heavy (non-hydrogen) atoms. The average molecular weight is 440 g/mol. The van der Waals surface area contributed by atoms with Gasteiger partial charge in [-0.05, 0) is 42.2 Å². The van der Waals surface area contributed by atoms with Crippen molar-refractivity contribution in [2.45, 2.75) is 50.1 Å². The number of amides is 2. The standard InChI is InChI=1S/C28H29N3O2/c32-26(30-19-15-22-12-6-9-18-29-22)25-23-13-4-5-14-24(23)27(33)31(28(25)16-7-8-17-28)20-21-10-2-1-3-11-21/h1-6,9-14,18,25H,7-8,15-17,19-20H2,(H,30,32). The van der Waals surface area contributed by atoms with Crippen LogP contribution >= 0.6 is 0 Å². The normalized spacial score (nSPS) is 18.8. The number of nitrogens with zero attached hydrogens (tertiary/aromatic N) is 2. The Hall–Kier alpha value is -3.47. The third kappa shape index (κ3) is 4.04. The van der Waals surface area contributed by atoms with E-state index in [4.69, 9.17) is 0 Å². The lowest BCUT2D eigenvalue weighted by atomic mass is 9.71. The van der Waals surface area contributed by atoms with E-state index in [1.807, 2.05) is 65.6 Å². The molecule has 0 radical (unpaired) electrons. The highest BCUT2D eigenvalue weighted by Gasteiger charge is 2.55. The van der Waals surface area contributed by atoms with Gasteiger partial charge in [-0.25, -0.2) is 0 Å². The van der Waals surface area contributed by atoms with Crippen molar-refractivity contribution in [3.63, 3.8) is 0 Å². The van der Waals surface area contributed by atoms with Gasteiger partial charge in [-0.15, -0.1) is 0 Å². The van der Waals surface area contributed by atoms with E-state index in [-0.39, 0.29) is 17.7 Å². The molecule has 1 aromatic heterocycles. The van der Waals surface area contributed by atoms with E-state index >= 15 is 0 Å². The van der Waals surface area contributed by atoms with Crippen LogP contribution in [0.25, 0.3) is 0 Å². The second-order valence-corrected chi connectivity index (χ2v) is 9.07. The van der Waals surface area contributed by atoms with Gasteiger partial charge in [0.05, 0.1) is 11.5 Å². The van der Waals surface area contributed by atoms with Crippen molar-refractivity contribution in [1.29, 1.82) is 0 Å². The minimum absolute atomic E-state index is 0.00541. The molecule has 1 aliphatic carbocycles. The lowest BCUT2D eigenvalue weighted by molar-refractivity contribution is -0.126. The van der Waals surface area contributed by atoms with Crippen molar-refractivity contribution in [3.8, 4) is 0 Å². The predicted octanol–water partition coefficient (Wildman–Crippen LogP) is 4.49. The number of fused-ring (bicyclic) bond motifs is 1. The summed E-state index contributed by atoms with van der Waals surface area (Å²) < 4.78 is 0. The largest absolute Gasteiger partial charge is 0.355 e. The smallest absolute Gasteiger partial charge is 0.254 e. The zero-order chi connectivity index (χ0) is 22.7. The van der Waals surface area contributed by atoms with Gasteiger partial charge in [0.15, 0.2) is 0 Å². The molecule has 1 atom stereocenters. The SMILES string of the molecule is O=C(NCCc1ccccn1)C1c2ccccc2C(=O)N(Cc2ccccc2)C12CCCC2. The molecule has 2 aromatic carbocycles. The van der Waals surface area contributed by atoms with Gasteiger partial charge in [-0.2, -0.15) is 0 Å². The van der Waals surface area contributed by atoms with Gasteiger partial charge in [0.1, 0.15) is 0 Å². The fourth-order valence-corrected chi connectivity index (χ4v) is 5.62. The molecule has 5 heteroatoms. The van der Waals surface area contributed by atoms with Gasteiger partial charge in [0, 0.05) is 37.0 Å². The molecule has 1 unspecified atom stereocenters. The highest BCUT2D eigenvalue weighted by molar-refractivity contribution is 6.02. The number of aromatic nitrogens is 1. The number of hydrogen-bond donors (Lipinski definition) is 1. The van der Waals surface area contributed by atoms with Crippen LogP contribution < -0.4 is 5.32 Å². The number of hydrogen-bond acceptors (Lipinski definition) is 3. The Labute approximate surface area is 194 Å². The molecule has 0 bridgehead atoms. The van der Waals surface area contributed by atoms with Crippen LogP contribution in [-0.2, 0) is 17.8 Å². The maximum absolute atomic E-state index is 13.7. The topological polar surface area (TPSA) is 62.3 Å². The van der Waals surface area contributed by atoms with Crippen LogP contribution in [0.15, 0.2) is 79.0 Å². The van der Waals surface area contributed by atoms with Gasteiger partial charge >= 0.3 is 0 Å². The van der Waals surface area contributed by atoms with E-state index in [9.17, 15) is 9.59 Å². The summed E-state index contributed by atoms with van der Waals surface area (Å²) in [5, 5.41) is 3.18. The third-order valence-corrected chi connectivity index (χ3v) is 7.14. The Balaban J connectivity index is 1.48. The second kappa shape index (κ2) is 9.18. The van der Waals surface area contributed by atoms with Gasteiger partial charge in [0.25, 0.3) is 5.91 Å². The molecule has 2 heterocycles. The van der Waals surface area contributed by atoms with Crippen molar-refractivity contribution in [1.82, 2.24) is 15.2 Å². The molecule has 5 nitrogen and oxygen atoms in total. The molecule has 1 saturated carbocycles. The molecular weight excluding hydrogens is 410 g/mol. The first-order valence-corrected chi connectivity index (χ1v) is 11.8. The first-order valence-electron chi connectivity index (χ1n) is 11.8. The van der Waals surface area contributed by atoms with Crippen LogP contribution in [0.5, 0.6) is 0 Å². The second-order valence-electron chi connectivity index (χ2n) is 9.07. The Kier molecular flexibility index (Phi) is 5.95. The number of nitrogens with one attached hydrogen (secondary N) is 1. The maximum atomic E-state index is 13.7. The van der Waals surface area contributed by atoms with Crippen LogP contribution in [0, 0.1) is 0 Å². The van der Waals surface area contributed by atoms with Crippen LogP contribution in [0.4, 0.5) is 0 Å². The third-order valence-electron chi connectivity index (χ3n) is 7.14. The summed E-state index contributed by atoms with van der Waals surface area (Å²) in [5.74, 6) is -0.332. The number of carbonyl (C=O) groups excluding carboxylic acids is 2. The Morgan fingerprint density at radius 2 is 1.70 bits per heavy atom. The van der Waals surface area contributed by atoms with E-state index < -0.39 is 5.54 Å². The Bertz CT molecular complexity index is 1120. The predicted molar refractivity (Wildman–Crippen MR) is 128 cm³/mol. The summed E-state index contributed by atoms with van der Waals surface area (Å²) in [7, 11) is 0. The molecule has 1 fully saturated rings. The average Bonchev–Trinajstić information content (AvgIpc) is 3.33. The fourth-order valence-electron chi connectivity index (χ4n) is 5.62. The van der Waals surface area contributed by atoms with Crippen molar-refractivity contribution in [2.75, 3.05) is 6.54 Å². The highest BCUT2D eigenvalue weighted by atomic mass is 16.2. The number of pyridine rings is 1. The van der Waals surface area contributed by atoms with Crippen LogP contribution in [-0.4, -0.2) is 33.8 Å². The lowest BCUT2D eigenvalue weighted by Crippen LogP contribution is -2.60. The van der Waals surface area contributed by atoms with Gasteiger partial charge in [-0.1, -0.05) is 67.4 Å². The number of benzene rings is 2. The van der Waals surface area contributed by atoms with Crippen LogP contribution in [0.1, 0.15) is 58.8 Å². The molecule has 3 aromatic rings. The zero-order valence-corrected chi connectivity index (χ0v) is 18.7. The molecule has 2 amide bonds. The van der Waals surface area contributed by atoms with E-state index in [1.54, 1.807) is 6.20 Å². The monoisotopic (exact) mass is 439 g/mol. The number of carbonyl (C=O) groups is 2. The first-order chi connectivity index (χ1) is 16.2. The molecule has 0 saturated heterocycles. The van der Waals surface area contributed by atoms with Crippen molar-refractivity contribution in [3.05, 3.63) is 101 Å². The van der Waals surface area contributed by atoms with Gasteiger partial charge < -0.3 is 10.2 Å². The summed E-state index contributed by atoms with van der Waals surface area (Å²) in [6.07, 6.45) is 6.20. The molecule has 168 valence electrons. The summed E-state index contributed by atoms with van der Waals surface area (Å²) >= 11 is 0. The number of rotatable bonds is 6. The quantitative estimate of drug-likeness (QED) is 0.615. The van der Waals surface area contributed by atoms with Gasteiger partial charge in [-0.3, -0.25) is 14.6 Å². The molecule has 5 rings (SSSR count). The van der Waals surface area contributed by atoms with Crippen molar-refractivity contribution in [2.24, 2.45) is 0 Å². The van der Waals surface area contributed by atoms with E-state index in [0.717, 1.165) is 42.5 Å². The van der Waals surface area contributed by atoms with E-state index in [0.29, 0.717) is 25.1 Å². The minimum Gasteiger partial charge on any atom is -0.355 e. The molecule has 2 aliphatic rings. The minimum atomic E-state index is -0.490. The van der Waals surface area contributed by atoms with Crippen molar-refractivity contribution < 1.29 is 9.59 Å². The summed E-state index contributed by atoms with van der Waals surface area (Å²) in [6, 6.07) is 23.6. The van der Waals surface area contributed by atoms with Crippen LogP contribution in [0.3, 0.4) is 0 Å². The summed E-state index contributed by atoms with van der Waals surface area (Å²) in [5.41, 5.74) is 3.07. The summed E-state index contributed by atoms with van der Waals surface area (Å²) in [6.45, 7) is 1.04. The molecule has 1 aliphatic heterocycles. The molecule has 1 N–H and O–H groups in total. The highest BCUT2D eigenvalue weighted by Crippen LogP contribution is 2.50. The fraction of sp³-hybridized carbons (Fsp3) is 0.321. The van der Waals surface area contributed by atoms with E-state index in [1.165, 1.54) is 0 Å². The maximum Gasteiger partial charge on any atom is 0.254 e. The molecule has 1 spiro atoms. The Morgan fingerprint density at radius 3 is 2.45 bits per heavy atom. The lowest BCUT2D eigenvalue weighted by Gasteiger charge is -2.50. The zero-order valence-electron chi connectivity index (χ0n) is 18.7. The molecular formula is C28H29N3O2. The summed E-state index contributed by atoms with van der Waals surface area (Å²) in [4.78, 5) is 33.8. The van der Waals surface area contributed by atoms with Crippen molar-refractivity contribution >= 4 is 11.8 Å². The van der Waals surface area contributed by atoms with E-state index in [2.05, 4.69) is 22.4 Å². The Morgan fingerprint density at radius 1 is 0.970 bits per heavy atom. The van der Waals surface area contributed by atoms with Gasteiger partial charge in [0.2, 0.25) is 5.91 Å².